The summed E-state index contributed by atoms with van der Waals surface area (Å²) < 4.78 is 14.7. The van der Waals surface area contributed by atoms with Crippen molar-refractivity contribution in [1.82, 2.24) is 9.55 Å². The maximum absolute atomic E-state index is 12.9. The van der Waals surface area contributed by atoms with Crippen LogP contribution in [0.15, 0.2) is 18.2 Å². The van der Waals surface area contributed by atoms with Crippen molar-refractivity contribution >= 4 is 11.0 Å². The number of halogens is 1. The van der Waals surface area contributed by atoms with Gasteiger partial charge < -0.3 is 4.57 Å². The van der Waals surface area contributed by atoms with Crippen LogP contribution in [0.25, 0.3) is 11.0 Å². The van der Waals surface area contributed by atoms with E-state index in [0.717, 1.165) is 5.52 Å². The van der Waals surface area contributed by atoms with Crippen LogP contribution in [0.5, 0.6) is 0 Å². The lowest BCUT2D eigenvalue weighted by Gasteiger charge is -1.98. The molecule has 14 heavy (non-hydrogen) atoms. The first kappa shape index (κ1) is 9.15. The van der Waals surface area contributed by atoms with Gasteiger partial charge in [-0.1, -0.05) is 0 Å². The number of aromatic nitrogens is 2. The van der Waals surface area contributed by atoms with Crippen molar-refractivity contribution in [1.29, 1.82) is 0 Å². The second-order valence-electron chi connectivity index (χ2n) is 3.17. The third kappa shape index (κ3) is 1.37. The van der Waals surface area contributed by atoms with Gasteiger partial charge in [0.15, 0.2) is 0 Å². The topological polar surface area (TPSA) is 37.7 Å². The molecule has 0 bridgehead atoms. The summed E-state index contributed by atoms with van der Waals surface area (Å²) >= 11 is 0. The zero-order chi connectivity index (χ0) is 10.1. The van der Waals surface area contributed by atoms with Gasteiger partial charge in [-0.3, -0.25) is 0 Å². The Morgan fingerprint density at radius 2 is 2.29 bits per heavy atom. The van der Waals surface area contributed by atoms with E-state index in [4.69, 9.17) is 0 Å². The molecule has 1 aromatic carbocycles. The molecular weight excluding hydrogens is 183 g/mol. The molecule has 3 nitrogen and oxygen atoms in total. The number of fused-ring (bicyclic) bond motifs is 1. The Kier molecular flexibility index (Phi) is 2.21. The molecule has 0 unspecified atom stereocenters. The molecule has 0 aliphatic carbocycles. The van der Waals surface area contributed by atoms with Crippen molar-refractivity contribution < 1.29 is 9.50 Å². The molecule has 1 aromatic heterocycles. The number of imidazole rings is 1. The molecule has 0 amide bonds. The van der Waals surface area contributed by atoms with Crippen LogP contribution in [0.3, 0.4) is 0 Å². The first-order valence-electron chi connectivity index (χ1n) is 4.41. The van der Waals surface area contributed by atoms with Crippen molar-refractivity contribution in [2.45, 2.75) is 6.42 Å². The van der Waals surface area contributed by atoms with E-state index in [-0.39, 0.29) is 12.4 Å². The van der Waals surface area contributed by atoms with Gasteiger partial charge in [0.05, 0.1) is 17.6 Å². The van der Waals surface area contributed by atoms with Crippen LogP contribution in [0.4, 0.5) is 4.39 Å². The Balaban J connectivity index is 2.61. The van der Waals surface area contributed by atoms with E-state index in [9.17, 15) is 9.50 Å². The lowest BCUT2D eigenvalue weighted by Crippen LogP contribution is -1.99. The van der Waals surface area contributed by atoms with Crippen LogP contribution < -0.4 is 0 Å². The van der Waals surface area contributed by atoms with E-state index in [1.165, 1.54) is 12.1 Å². The number of hydrogen-bond donors (Lipinski definition) is 0. The van der Waals surface area contributed by atoms with Gasteiger partial charge in [-0.2, -0.15) is 0 Å². The molecule has 1 heterocycles. The van der Waals surface area contributed by atoms with Crippen LogP contribution in [0, 0.1) is 5.82 Å². The standard InChI is InChI=1S/C10H10FN2O/c1-13-9-3-2-7(11)6-8(9)12-10(13)4-5-14/h2-3,6H,4-5H2,1H3. The fourth-order valence-electron chi connectivity index (χ4n) is 1.54. The number of nitrogens with zero attached hydrogens (tertiary/aromatic N) is 2. The molecule has 2 aromatic rings. The van der Waals surface area contributed by atoms with E-state index in [2.05, 4.69) is 4.98 Å². The molecule has 0 aliphatic heterocycles. The van der Waals surface area contributed by atoms with E-state index >= 15 is 0 Å². The molecular formula is C10H10FN2O. The highest BCUT2D eigenvalue weighted by atomic mass is 19.1. The van der Waals surface area contributed by atoms with Gasteiger partial charge >= 0.3 is 0 Å². The smallest absolute Gasteiger partial charge is 0.125 e. The highest BCUT2D eigenvalue weighted by Gasteiger charge is 2.07. The summed E-state index contributed by atoms with van der Waals surface area (Å²) in [4.78, 5) is 4.19. The first-order chi connectivity index (χ1) is 6.72. The van der Waals surface area contributed by atoms with Gasteiger partial charge in [0.25, 0.3) is 0 Å². The Bertz CT molecular complexity index is 464. The van der Waals surface area contributed by atoms with Crippen molar-refractivity contribution in [2.24, 2.45) is 7.05 Å². The summed E-state index contributed by atoms with van der Waals surface area (Å²) in [6, 6.07) is 4.45. The minimum absolute atomic E-state index is 0.195. The van der Waals surface area contributed by atoms with Crippen LogP contribution >= 0.6 is 0 Å². The van der Waals surface area contributed by atoms with Gasteiger partial charge in [0.1, 0.15) is 11.6 Å². The predicted molar refractivity (Wildman–Crippen MR) is 49.9 cm³/mol. The van der Waals surface area contributed by atoms with E-state index < -0.39 is 0 Å². The molecule has 0 aliphatic rings. The minimum Gasteiger partial charge on any atom is -0.331 e. The summed E-state index contributed by atoms with van der Waals surface area (Å²) in [5, 5.41) is 10.5. The van der Waals surface area contributed by atoms with Crippen molar-refractivity contribution in [3.05, 3.63) is 29.8 Å². The molecule has 0 N–H and O–H groups in total. The summed E-state index contributed by atoms with van der Waals surface area (Å²) in [6.45, 7) is -0.195. The van der Waals surface area contributed by atoms with Crippen LogP contribution in [-0.2, 0) is 18.6 Å². The Labute approximate surface area is 80.8 Å². The quantitative estimate of drug-likeness (QED) is 0.715. The highest BCUT2D eigenvalue weighted by molar-refractivity contribution is 5.75. The van der Waals surface area contributed by atoms with E-state index in [0.29, 0.717) is 17.8 Å². The summed E-state index contributed by atoms with van der Waals surface area (Å²) in [7, 11) is 1.83. The number of hydrogen-bond acceptors (Lipinski definition) is 1. The van der Waals surface area contributed by atoms with Crippen LogP contribution in [-0.4, -0.2) is 16.2 Å². The summed E-state index contributed by atoms with van der Waals surface area (Å²) in [5.41, 5.74) is 1.46. The van der Waals surface area contributed by atoms with Gasteiger partial charge in [-0.25, -0.2) is 14.5 Å². The van der Waals surface area contributed by atoms with Crippen molar-refractivity contribution in [2.75, 3.05) is 6.61 Å². The fraction of sp³-hybridized carbons (Fsp3) is 0.300. The second-order valence-corrected chi connectivity index (χ2v) is 3.17. The Morgan fingerprint density at radius 1 is 1.50 bits per heavy atom. The van der Waals surface area contributed by atoms with Crippen LogP contribution in [0.2, 0.25) is 0 Å². The molecule has 2 rings (SSSR count). The third-order valence-corrected chi connectivity index (χ3v) is 2.26. The average Bonchev–Trinajstić information content (AvgIpc) is 2.44. The molecule has 0 atom stereocenters. The van der Waals surface area contributed by atoms with Crippen molar-refractivity contribution in [3.63, 3.8) is 0 Å². The molecule has 73 valence electrons. The maximum atomic E-state index is 12.9. The van der Waals surface area contributed by atoms with Crippen molar-refractivity contribution in [3.8, 4) is 0 Å². The van der Waals surface area contributed by atoms with Gasteiger partial charge in [-0.05, 0) is 12.1 Å². The SMILES string of the molecule is Cn1c(CC[O])nc2cc(F)ccc21. The summed E-state index contributed by atoms with van der Waals surface area (Å²) in [5.74, 6) is 0.407. The molecule has 0 saturated carbocycles. The summed E-state index contributed by atoms with van der Waals surface area (Å²) in [6.07, 6.45) is 0.382. The first-order valence-corrected chi connectivity index (χ1v) is 4.41. The Hall–Kier alpha value is -1.42. The maximum Gasteiger partial charge on any atom is 0.125 e. The lowest BCUT2D eigenvalue weighted by atomic mass is 10.3. The van der Waals surface area contributed by atoms with Crippen LogP contribution in [0.1, 0.15) is 5.82 Å². The fourth-order valence-corrected chi connectivity index (χ4v) is 1.54. The third-order valence-electron chi connectivity index (χ3n) is 2.26. The molecule has 4 heteroatoms. The average molecular weight is 193 g/mol. The molecule has 0 fully saturated rings. The largest absolute Gasteiger partial charge is 0.331 e. The zero-order valence-corrected chi connectivity index (χ0v) is 7.83. The monoisotopic (exact) mass is 193 g/mol. The van der Waals surface area contributed by atoms with Gasteiger partial charge in [-0.15, -0.1) is 0 Å². The van der Waals surface area contributed by atoms with E-state index in [1.54, 1.807) is 6.07 Å². The highest BCUT2D eigenvalue weighted by Crippen LogP contribution is 2.16. The number of rotatable bonds is 2. The zero-order valence-electron chi connectivity index (χ0n) is 7.83. The molecule has 0 saturated heterocycles. The lowest BCUT2D eigenvalue weighted by molar-refractivity contribution is 0.194. The minimum atomic E-state index is -0.302. The predicted octanol–water partition coefficient (Wildman–Crippen LogP) is 1.69. The normalized spacial score (nSPS) is 11.1. The molecule has 1 radical (unpaired) electrons. The van der Waals surface area contributed by atoms with Gasteiger partial charge in [0.2, 0.25) is 0 Å². The number of aryl methyl sites for hydroxylation is 1. The number of benzene rings is 1. The molecule has 0 spiro atoms. The Morgan fingerprint density at radius 3 is 3.00 bits per heavy atom. The van der Waals surface area contributed by atoms with Gasteiger partial charge in [0, 0.05) is 19.5 Å². The second kappa shape index (κ2) is 3.38. The van der Waals surface area contributed by atoms with E-state index in [1.807, 2.05) is 11.6 Å².